The van der Waals surface area contributed by atoms with E-state index in [1.165, 1.54) is 12.4 Å². The maximum absolute atomic E-state index is 12.2. The van der Waals surface area contributed by atoms with Crippen molar-refractivity contribution in [1.82, 2.24) is 20.4 Å². The van der Waals surface area contributed by atoms with Crippen LogP contribution in [0.5, 0.6) is 0 Å². The number of benzene rings is 1. The predicted molar refractivity (Wildman–Crippen MR) is 98.5 cm³/mol. The van der Waals surface area contributed by atoms with E-state index in [0.29, 0.717) is 11.3 Å². The molecule has 10 nitrogen and oxygen atoms in total. The Bertz CT molecular complexity index is 962. The molecule has 0 aliphatic heterocycles. The van der Waals surface area contributed by atoms with E-state index in [1.807, 2.05) is 6.92 Å². The number of hydrazine groups is 1. The normalized spacial score (nSPS) is 10.1. The Balaban J connectivity index is 1.80. The molecule has 2 aromatic heterocycles. The Kier molecular flexibility index (Phi) is 5.17. The van der Waals surface area contributed by atoms with E-state index >= 15 is 0 Å². The van der Waals surface area contributed by atoms with Gasteiger partial charge in [-0.3, -0.25) is 30.7 Å². The highest BCUT2D eigenvalue weighted by Gasteiger charge is 2.23. The van der Waals surface area contributed by atoms with Crippen LogP contribution in [0.4, 0.5) is 23.0 Å². The number of pyridine rings is 1. The fourth-order valence-corrected chi connectivity index (χ4v) is 2.20. The second kappa shape index (κ2) is 7.87. The van der Waals surface area contributed by atoms with Crippen molar-refractivity contribution in [3.63, 3.8) is 0 Å². The third-order valence-electron chi connectivity index (χ3n) is 3.56. The van der Waals surface area contributed by atoms with E-state index in [-0.39, 0.29) is 11.6 Å². The molecule has 136 valence electrons. The van der Waals surface area contributed by atoms with E-state index in [4.69, 9.17) is 0 Å². The van der Waals surface area contributed by atoms with Gasteiger partial charge in [0.2, 0.25) is 11.6 Å². The Hall–Kier alpha value is -4.08. The lowest BCUT2D eigenvalue weighted by Crippen LogP contribution is -2.30. The first-order valence-corrected chi connectivity index (χ1v) is 7.84. The molecule has 0 bridgehead atoms. The molecule has 3 N–H and O–H groups in total. The minimum absolute atomic E-state index is 0.0201. The molecule has 0 unspecified atom stereocenters. The Labute approximate surface area is 153 Å². The maximum Gasteiger partial charge on any atom is 0.355 e. The van der Waals surface area contributed by atoms with Crippen LogP contribution in [0.15, 0.2) is 55.1 Å². The van der Waals surface area contributed by atoms with Gasteiger partial charge in [0.25, 0.3) is 5.91 Å². The molecule has 1 amide bonds. The number of nitrogens with zero attached hydrogens (tertiary/aromatic N) is 4. The van der Waals surface area contributed by atoms with Crippen molar-refractivity contribution in [2.45, 2.75) is 6.92 Å². The Morgan fingerprint density at radius 1 is 1.04 bits per heavy atom. The zero-order valence-corrected chi connectivity index (χ0v) is 14.2. The molecule has 3 rings (SSSR count). The predicted octanol–water partition coefficient (Wildman–Crippen LogP) is 2.59. The van der Waals surface area contributed by atoms with Crippen molar-refractivity contribution >= 4 is 28.9 Å². The standard InChI is InChI=1S/C17H15N7O3/c1-11-2-4-12(5-3-11)17(25)23-22-16-14(24(26)27)15(19-10-20-16)21-13-6-8-18-9-7-13/h2-10H,1H3,(H,23,25)(H2,18,19,20,21,22). The van der Waals surface area contributed by atoms with Gasteiger partial charge in [-0.25, -0.2) is 9.97 Å². The van der Waals surface area contributed by atoms with Crippen LogP contribution in [0.25, 0.3) is 0 Å². The SMILES string of the molecule is Cc1ccc(C(=O)NNc2ncnc(Nc3ccncc3)c2[N+](=O)[O-])cc1. The Morgan fingerprint density at radius 3 is 2.37 bits per heavy atom. The number of rotatable bonds is 6. The average Bonchev–Trinajstić information content (AvgIpc) is 2.67. The molecule has 0 aliphatic carbocycles. The van der Waals surface area contributed by atoms with Crippen LogP contribution in [-0.4, -0.2) is 25.8 Å². The minimum Gasteiger partial charge on any atom is -0.334 e. The zero-order chi connectivity index (χ0) is 19.2. The average molecular weight is 365 g/mol. The minimum atomic E-state index is -0.635. The molecule has 2 heterocycles. The highest BCUT2D eigenvalue weighted by atomic mass is 16.6. The fourth-order valence-electron chi connectivity index (χ4n) is 2.20. The number of nitro groups is 1. The number of amides is 1. The summed E-state index contributed by atoms with van der Waals surface area (Å²) in [5, 5.41) is 14.3. The molecule has 3 aromatic rings. The van der Waals surface area contributed by atoms with Gasteiger partial charge in [0.05, 0.1) is 4.92 Å². The largest absolute Gasteiger partial charge is 0.355 e. The first-order valence-electron chi connectivity index (χ1n) is 7.84. The second-order valence-electron chi connectivity index (χ2n) is 5.48. The van der Waals surface area contributed by atoms with Gasteiger partial charge in [-0.05, 0) is 31.2 Å². The van der Waals surface area contributed by atoms with Crippen LogP contribution in [0, 0.1) is 17.0 Å². The summed E-state index contributed by atoms with van der Waals surface area (Å²) in [6, 6.07) is 10.2. The summed E-state index contributed by atoms with van der Waals surface area (Å²) in [6.45, 7) is 1.90. The summed E-state index contributed by atoms with van der Waals surface area (Å²) in [5.41, 5.74) is 6.47. The lowest BCUT2D eigenvalue weighted by Gasteiger charge is -2.11. The number of nitrogens with one attached hydrogen (secondary N) is 3. The quantitative estimate of drug-likeness (QED) is 0.448. The molecule has 0 aliphatic rings. The number of hydrogen-bond donors (Lipinski definition) is 3. The molecule has 10 heteroatoms. The van der Waals surface area contributed by atoms with Crippen molar-refractivity contribution in [1.29, 1.82) is 0 Å². The first-order chi connectivity index (χ1) is 13.0. The molecular formula is C17H15N7O3. The lowest BCUT2D eigenvalue weighted by molar-refractivity contribution is -0.383. The number of anilines is 3. The molecule has 0 saturated heterocycles. The van der Waals surface area contributed by atoms with E-state index in [1.54, 1.807) is 36.4 Å². The monoisotopic (exact) mass is 365 g/mol. The highest BCUT2D eigenvalue weighted by Crippen LogP contribution is 2.30. The third-order valence-corrected chi connectivity index (χ3v) is 3.56. The Morgan fingerprint density at radius 2 is 1.70 bits per heavy atom. The van der Waals surface area contributed by atoms with Gasteiger partial charge < -0.3 is 5.32 Å². The number of aryl methyl sites for hydroxylation is 1. The number of carbonyl (C=O) groups is 1. The van der Waals surface area contributed by atoms with E-state index < -0.39 is 16.5 Å². The van der Waals surface area contributed by atoms with Gasteiger partial charge in [0, 0.05) is 23.6 Å². The summed E-state index contributed by atoms with van der Waals surface area (Å²) in [6.07, 6.45) is 4.23. The van der Waals surface area contributed by atoms with Crippen molar-refractivity contribution in [3.8, 4) is 0 Å². The number of hydrogen-bond acceptors (Lipinski definition) is 8. The van der Waals surface area contributed by atoms with E-state index in [2.05, 4.69) is 31.1 Å². The lowest BCUT2D eigenvalue weighted by atomic mass is 10.1. The summed E-state index contributed by atoms with van der Waals surface area (Å²) in [7, 11) is 0. The first kappa shape index (κ1) is 17.7. The maximum atomic E-state index is 12.2. The van der Waals surface area contributed by atoms with Gasteiger partial charge in [-0.2, -0.15) is 0 Å². The number of aromatic nitrogens is 3. The molecule has 1 aromatic carbocycles. The summed E-state index contributed by atoms with van der Waals surface area (Å²) < 4.78 is 0. The van der Waals surface area contributed by atoms with Crippen LogP contribution >= 0.6 is 0 Å². The molecule has 27 heavy (non-hydrogen) atoms. The molecule has 0 radical (unpaired) electrons. The molecular weight excluding hydrogens is 350 g/mol. The fraction of sp³-hybridized carbons (Fsp3) is 0.0588. The van der Waals surface area contributed by atoms with Crippen molar-refractivity contribution in [2.75, 3.05) is 10.7 Å². The van der Waals surface area contributed by atoms with Gasteiger partial charge in [0.15, 0.2) is 0 Å². The van der Waals surface area contributed by atoms with Gasteiger partial charge >= 0.3 is 5.69 Å². The zero-order valence-electron chi connectivity index (χ0n) is 14.2. The van der Waals surface area contributed by atoms with Crippen LogP contribution < -0.4 is 16.2 Å². The number of carbonyl (C=O) groups excluding carboxylic acids is 1. The summed E-state index contributed by atoms with van der Waals surface area (Å²) in [4.78, 5) is 34.7. The molecule has 0 spiro atoms. The molecule has 0 saturated carbocycles. The topological polar surface area (TPSA) is 135 Å². The smallest absolute Gasteiger partial charge is 0.334 e. The van der Waals surface area contributed by atoms with Crippen molar-refractivity contribution in [2.24, 2.45) is 0 Å². The van der Waals surface area contributed by atoms with Crippen molar-refractivity contribution < 1.29 is 9.72 Å². The second-order valence-corrected chi connectivity index (χ2v) is 5.48. The van der Waals surface area contributed by atoms with Gasteiger partial charge in [0.1, 0.15) is 6.33 Å². The van der Waals surface area contributed by atoms with Crippen LogP contribution in [0.2, 0.25) is 0 Å². The van der Waals surface area contributed by atoms with Crippen LogP contribution in [0.1, 0.15) is 15.9 Å². The highest BCUT2D eigenvalue weighted by molar-refractivity contribution is 5.95. The van der Waals surface area contributed by atoms with Crippen molar-refractivity contribution in [3.05, 3.63) is 76.4 Å². The summed E-state index contributed by atoms with van der Waals surface area (Å²) >= 11 is 0. The molecule has 0 fully saturated rings. The van der Waals surface area contributed by atoms with Gasteiger partial charge in [-0.15, -0.1) is 0 Å². The third kappa shape index (κ3) is 4.31. The van der Waals surface area contributed by atoms with E-state index in [0.717, 1.165) is 11.9 Å². The van der Waals surface area contributed by atoms with E-state index in [9.17, 15) is 14.9 Å². The molecule has 0 atom stereocenters. The van der Waals surface area contributed by atoms with Crippen LogP contribution in [0.3, 0.4) is 0 Å². The van der Waals surface area contributed by atoms with Crippen LogP contribution in [-0.2, 0) is 0 Å². The van der Waals surface area contributed by atoms with Gasteiger partial charge in [-0.1, -0.05) is 17.7 Å². The summed E-state index contributed by atoms with van der Waals surface area (Å²) in [5.74, 6) is -0.619.